The van der Waals surface area contributed by atoms with Crippen LogP contribution in [0.25, 0.3) is 0 Å². The number of carbonyl (C=O) groups is 1. The fourth-order valence-electron chi connectivity index (χ4n) is 1.62. The number of amides is 1. The first kappa shape index (κ1) is 17.0. The first-order chi connectivity index (χ1) is 9.54. The molecular weight excluding hydrogens is 320 g/mol. The Bertz CT molecular complexity index is 436. The monoisotopic (exact) mass is 342 g/mol. The van der Waals surface area contributed by atoms with Crippen LogP contribution in [0.3, 0.4) is 0 Å². The summed E-state index contributed by atoms with van der Waals surface area (Å²) < 4.78 is 6.52. The third-order valence-corrected chi connectivity index (χ3v) is 3.29. The second-order valence-corrected chi connectivity index (χ2v) is 5.76. The van der Waals surface area contributed by atoms with Gasteiger partial charge in [-0.15, -0.1) is 0 Å². The minimum atomic E-state index is -0.0922. The SMILES string of the molecule is CCCNC(=O)COc1c(Br)cccc1CNC(C)C. The number of rotatable bonds is 8. The standard InChI is InChI=1S/C15H23BrN2O2/c1-4-8-17-14(19)10-20-15-12(9-18-11(2)3)6-5-7-13(15)16/h5-7,11,18H,4,8-10H2,1-3H3,(H,17,19). The van der Waals surface area contributed by atoms with Crippen molar-refractivity contribution in [2.45, 2.75) is 39.8 Å². The molecule has 4 nitrogen and oxygen atoms in total. The summed E-state index contributed by atoms with van der Waals surface area (Å²) in [5, 5.41) is 6.15. The predicted molar refractivity (Wildman–Crippen MR) is 84.9 cm³/mol. The Morgan fingerprint density at radius 3 is 2.80 bits per heavy atom. The Kier molecular flexibility index (Phi) is 7.62. The van der Waals surface area contributed by atoms with E-state index in [2.05, 4.69) is 40.4 Å². The minimum absolute atomic E-state index is 0.0390. The van der Waals surface area contributed by atoms with Crippen molar-refractivity contribution in [3.05, 3.63) is 28.2 Å². The molecule has 2 N–H and O–H groups in total. The topological polar surface area (TPSA) is 50.4 Å². The Labute approximate surface area is 129 Å². The number of nitrogens with one attached hydrogen (secondary N) is 2. The van der Waals surface area contributed by atoms with Crippen molar-refractivity contribution in [1.82, 2.24) is 10.6 Å². The molecule has 0 aliphatic carbocycles. The molecule has 0 aliphatic rings. The zero-order valence-electron chi connectivity index (χ0n) is 12.3. The number of ether oxygens (including phenoxy) is 1. The van der Waals surface area contributed by atoms with Gasteiger partial charge in [0.15, 0.2) is 6.61 Å². The van der Waals surface area contributed by atoms with Crippen LogP contribution in [0.15, 0.2) is 22.7 Å². The van der Waals surface area contributed by atoms with Gasteiger partial charge in [-0.2, -0.15) is 0 Å². The molecule has 0 fully saturated rings. The van der Waals surface area contributed by atoms with Crippen molar-refractivity contribution in [2.75, 3.05) is 13.2 Å². The average Bonchev–Trinajstić information content (AvgIpc) is 2.41. The average molecular weight is 343 g/mol. The first-order valence-corrected chi connectivity index (χ1v) is 7.74. The van der Waals surface area contributed by atoms with E-state index < -0.39 is 0 Å². The molecule has 1 aromatic rings. The van der Waals surface area contributed by atoms with Crippen molar-refractivity contribution >= 4 is 21.8 Å². The molecule has 0 bridgehead atoms. The van der Waals surface area contributed by atoms with Crippen LogP contribution >= 0.6 is 15.9 Å². The van der Waals surface area contributed by atoms with E-state index in [0.29, 0.717) is 19.1 Å². The van der Waals surface area contributed by atoms with E-state index in [1.54, 1.807) is 0 Å². The quantitative estimate of drug-likeness (QED) is 0.763. The Hall–Kier alpha value is -1.07. The van der Waals surface area contributed by atoms with E-state index in [1.807, 2.05) is 25.1 Å². The van der Waals surface area contributed by atoms with Crippen LogP contribution in [0.1, 0.15) is 32.8 Å². The van der Waals surface area contributed by atoms with E-state index in [9.17, 15) is 4.79 Å². The molecule has 0 spiro atoms. The van der Waals surface area contributed by atoms with E-state index in [1.165, 1.54) is 0 Å². The lowest BCUT2D eigenvalue weighted by molar-refractivity contribution is -0.123. The summed E-state index contributed by atoms with van der Waals surface area (Å²) in [6, 6.07) is 6.28. The van der Waals surface area contributed by atoms with Crippen molar-refractivity contribution in [2.24, 2.45) is 0 Å². The van der Waals surface area contributed by atoms with Crippen molar-refractivity contribution < 1.29 is 9.53 Å². The number of para-hydroxylation sites is 1. The van der Waals surface area contributed by atoms with Crippen LogP contribution < -0.4 is 15.4 Å². The second kappa shape index (κ2) is 8.97. The number of halogens is 1. The smallest absolute Gasteiger partial charge is 0.257 e. The number of hydrogen-bond donors (Lipinski definition) is 2. The van der Waals surface area contributed by atoms with Gasteiger partial charge in [0.05, 0.1) is 4.47 Å². The van der Waals surface area contributed by atoms with Gasteiger partial charge in [0, 0.05) is 24.7 Å². The molecule has 0 unspecified atom stereocenters. The van der Waals surface area contributed by atoms with Crippen LogP contribution in [0.2, 0.25) is 0 Å². The van der Waals surface area contributed by atoms with Gasteiger partial charge in [0.25, 0.3) is 5.91 Å². The highest BCUT2D eigenvalue weighted by Crippen LogP contribution is 2.29. The molecule has 1 rings (SSSR count). The molecule has 1 amide bonds. The van der Waals surface area contributed by atoms with Gasteiger partial charge >= 0.3 is 0 Å². The molecule has 0 saturated heterocycles. The number of carbonyl (C=O) groups excluding carboxylic acids is 1. The molecule has 5 heteroatoms. The van der Waals surface area contributed by atoms with E-state index >= 15 is 0 Å². The molecule has 0 heterocycles. The van der Waals surface area contributed by atoms with Gasteiger partial charge in [0.1, 0.15) is 5.75 Å². The lowest BCUT2D eigenvalue weighted by atomic mass is 10.2. The largest absolute Gasteiger partial charge is 0.482 e. The second-order valence-electron chi connectivity index (χ2n) is 4.90. The zero-order valence-corrected chi connectivity index (χ0v) is 13.9. The molecular formula is C15H23BrN2O2. The van der Waals surface area contributed by atoms with E-state index in [4.69, 9.17) is 4.74 Å². The maximum atomic E-state index is 11.6. The number of benzene rings is 1. The van der Waals surface area contributed by atoms with Crippen LogP contribution in [0.5, 0.6) is 5.75 Å². The van der Waals surface area contributed by atoms with Crippen molar-refractivity contribution in [1.29, 1.82) is 0 Å². The van der Waals surface area contributed by atoms with Crippen LogP contribution in [-0.4, -0.2) is 25.1 Å². The lowest BCUT2D eigenvalue weighted by Crippen LogP contribution is -2.29. The Morgan fingerprint density at radius 2 is 2.15 bits per heavy atom. The molecule has 112 valence electrons. The Balaban J connectivity index is 2.65. The molecule has 0 atom stereocenters. The molecule has 0 aromatic heterocycles. The predicted octanol–water partition coefficient (Wildman–Crippen LogP) is 2.85. The Morgan fingerprint density at radius 1 is 1.40 bits per heavy atom. The third kappa shape index (κ3) is 5.92. The molecule has 0 aliphatic heterocycles. The lowest BCUT2D eigenvalue weighted by Gasteiger charge is -2.15. The van der Waals surface area contributed by atoms with Crippen LogP contribution in [0.4, 0.5) is 0 Å². The van der Waals surface area contributed by atoms with Crippen LogP contribution in [-0.2, 0) is 11.3 Å². The van der Waals surface area contributed by atoms with E-state index in [-0.39, 0.29) is 12.5 Å². The van der Waals surface area contributed by atoms with Gasteiger partial charge < -0.3 is 15.4 Å². The molecule has 0 radical (unpaired) electrons. The fourth-order valence-corrected chi connectivity index (χ4v) is 2.14. The minimum Gasteiger partial charge on any atom is -0.482 e. The van der Waals surface area contributed by atoms with Crippen molar-refractivity contribution in [3.8, 4) is 5.75 Å². The zero-order chi connectivity index (χ0) is 15.0. The van der Waals surface area contributed by atoms with Gasteiger partial charge in [-0.05, 0) is 28.4 Å². The summed E-state index contributed by atoms with van der Waals surface area (Å²) in [6.07, 6.45) is 0.921. The third-order valence-electron chi connectivity index (χ3n) is 2.67. The maximum Gasteiger partial charge on any atom is 0.257 e. The highest BCUT2D eigenvalue weighted by atomic mass is 79.9. The highest BCUT2D eigenvalue weighted by molar-refractivity contribution is 9.10. The van der Waals surface area contributed by atoms with Crippen molar-refractivity contribution in [3.63, 3.8) is 0 Å². The van der Waals surface area contributed by atoms with Gasteiger partial charge in [0.2, 0.25) is 0 Å². The van der Waals surface area contributed by atoms with E-state index in [0.717, 1.165) is 22.2 Å². The summed E-state index contributed by atoms with van der Waals surface area (Å²) in [4.78, 5) is 11.6. The first-order valence-electron chi connectivity index (χ1n) is 6.94. The normalized spacial score (nSPS) is 10.7. The van der Waals surface area contributed by atoms with Gasteiger partial charge in [-0.3, -0.25) is 4.79 Å². The summed E-state index contributed by atoms with van der Waals surface area (Å²) in [5.74, 6) is 0.637. The van der Waals surface area contributed by atoms with Gasteiger partial charge in [-0.1, -0.05) is 32.9 Å². The summed E-state index contributed by atoms with van der Waals surface area (Å²) in [5.41, 5.74) is 1.04. The molecule has 20 heavy (non-hydrogen) atoms. The maximum absolute atomic E-state index is 11.6. The molecule has 0 saturated carbocycles. The highest BCUT2D eigenvalue weighted by Gasteiger charge is 2.10. The molecule has 1 aromatic carbocycles. The number of hydrogen-bond acceptors (Lipinski definition) is 3. The van der Waals surface area contributed by atoms with Gasteiger partial charge in [-0.25, -0.2) is 0 Å². The fraction of sp³-hybridized carbons (Fsp3) is 0.533. The summed E-state index contributed by atoms with van der Waals surface area (Å²) in [7, 11) is 0. The van der Waals surface area contributed by atoms with Crippen LogP contribution in [0, 0.1) is 0 Å². The summed E-state index contributed by atoms with van der Waals surface area (Å²) in [6.45, 7) is 7.64. The summed E-state index contributed by atoms with van der Waals surface area (Å²) >= 11 is 3.47.